The Labute approximate surface area is 153 Å². The maximum atomic E-state index is 12.9. The van der Waals surface area contributed by atoms with Crippen molar-refractivity contribution in [2.75, 3.05) is 11.4 Å². The molecule has 0 unspecified atom stereocenters. The molecular weight excluding hydrogens is 384 g/mol. The van der Waals surface area contributed by atoms with Crippen molar-refractivity contribution in [3.63, 3.8) is 0 Å². The average Bonchev–Trinajstić information content (AvgIpc) is 3.10. The van der Waals surface area contributed by atoms with Crippen LogP contribution in [0.25, 0.3) is 11.3 Å². The second-order valence-corrected chi connectivity index (χ2v) is 6.76. The maximum Gasteiger partial charge on any atom is 0.261 e. The fourth-order valence-corrected chi connectivity index (χ4v) is 3.58. The molecule has 0 spiro atoms. The van der Waals surface area contributed by atoms with Crippen molar-refractivity contribution >= 4 is 38.3 Å². The van der Waals surface area contributed by atoms with E-state index in [0.717, 1.165) is 15.7 Å². The zero-order valence-corrected chi connectivity index (χ0v) is 15.3. The second kappa shape index (κ2) is 7.55. The molecule has 3 nitrogen and oxygen atoms in total. The van der Waals surface area contributed by atoms with E-state index in [2.05, 4.69) is 27.5 Å². The quantitative estimate of drug-likeness (QED) is 0.538. The number of hydrogen-bond acceptors (Lipinski definition) is 3. The van der Waals surface area contributed by atoms with Crippen molar-refractivity contribution in [3.8, 4) is 11.3 Å². The lowest BCUT2D eigenvalue weighted by atomic mass is 10.2. The van der Waals surface area contributed by atoms with Crippen LogP contribution in [0, 0.1) is 0 Å². The Morgan fingerprint density at radius 1 is 1.17 bits per heavy atom. The number of amides is 1. The molecule has 0 fully saturated rings. The molecule has 1 aromatic heterocycles. The van der Waals surface area contributed by atoms with Crippen LogP contribution >= 0.6 is 27.3 Å². The van der Waals surface area contributed by atoms with E-state index in [4.69, 9.17) is 0 Å². The first-order valence-corrected chi connectivity index (χ1v) is 9.06. The first kappa shape index (κ1) is 16.6. The van der Waals surface area contributed by atoms with Crippen LogP contribution in [0.5, 0.6) is 0 Å². The van der Waals surface area contributed by atoms with E-state index in [-0.39, 0.29) is 5.91 Å². The number of carbonyl (C=O) groups is 1. The van der Waals surface area contributed by atoms with Gasteiger partial charge in [0.15, 0.2) is 5.13 Å². The van der Waals surface area contributed by atoms with Crippen LogP contribution in [0.3, 0.4) is 0 Å². The molecule has 2 aromatic carbocycles. The summed E-state index contributed by atoms with van der Waals surface area (Å²) >= 11 is 4.89. The summed E-state index contributed by atoms with van der Waals surface area (Å²) in [6.45, 7) is 4.17. The average molecular weight is 399 g/mol. The van der Waals surface area contributed by atoms with Crippen molar-refractivity contribution in [2.45, 2.75) is 0 Å². The highest BCUT2D eigenvalue weighted by Gasteiger charge is 2.21. The van der Waals surface area contributed by atoms with E-state index in [1.807, 2.05) is 53.9 Å². The fourth-order valence-electron chi connectivity index (χ4n) is 2.29. The third kappa shape index (κ3) is 3.47. The highest BCUT2D eigenvalue weighted by molar-refractivity contribution is 9.10. The van der Waals surface area contributed by atoms with Crippen LogP contribution in [0.15, 0.2) is 77.1 Å². The van der Waals surface area contributed by atoms with Gasteiger partial charge in [-0.2, -0.15) is 0 Å². The number of thiazole rings is 1. The number of aromatic nitrogens is 1. The summed E-state index contributed by atoms with van der Waals surface area (Å²) in [5.74, 6) is -0.101. The van der Waals surface area contributed by atoms with Gasteiger partial charge in [0, 0.05) is 22.0 Å². The lowest BCUT2D eigenvalue weighted by Gasteiger charge is -2.18. The van der Waals surface area contributed by atoms with Crippen LogP contribution in [0.1, 0.15) is 10.4 Å². The van der Waals surface area contributed by atoms with E-state index in [0.29, 0.717) is 17.2 Å². The number of hydrogen-bond donors (Lipinski definition) is 0. The summed E-state index contributed by atoms with van der Waals surface area (Å²) in [6.07, 6.45) is 1.71. The summed E-state index contributed by atoms with van der Waals surface area (Å²) in [5, 5.41) is 2.63. The van der Waals surface area contributed by atoms with Crippen LogP contribution in [-0.2, 0) is 0 Å². The normalized spacial score (nSPS) is 10.4. The third-order valence-electron chi connectivity index (χ3n) is 3.45. The highest BCUT2D eigenvalue weighted by atomic mass is 79.9. The lowest BCUT2D eigenvalue weighted by molar-refractivity contribution is 0.0989. The van der Waals surface area contributed by atoms with Gasteiger partial charge in [0.05, 0.1) is 11.3 Å². The van der Waals surface area contributed by atoms with Crippen LogP contribution < -0.4 is 4.90 Å². The molecule has 0 saturated heterocycles. The molecule has 1 amide bonds. The molecule has 0 aliphatic heterocycles. The Morgan fingerprint density at radius 2 is 1.88 bits per heavy atom. The van der Waals surface area contributed by atoms with Gasteiger partial charge in [-0.05, 0) is 28.1 Å². The lowest BCUT2D eigenvalue weighted by Crippen LogP contribution is -2.31. The largest absolute Gasteiger partial charge is 0.280 e. The molecule has 24 heavy (non-hydrogen) atoms. The Morgan fingerprint density at radius 3 is 2.58 bits per heavy atom. The van der Waals surface area contributed by atoms with Gasteiger partial charge in [-0.1, -0.05) is 48.5 Å². The van der Waals surface area contributed by atoms with Gasteiger partial charge in [-0.15, -0.1) is 17.9 Å². The summed E-state index contributed by atoms with van der Waals surface area (Å²) in [4.78, 5) is 19.2. The molecule has 120 valence electrons. The number of halogens is 1. The van der Waals surface area contributed by atoms with Gasteiger partial charge in [-0.3, -0.25) is 9.69 Å². The number of carbonyl (C=O) groups excluding carboxylic acids is 1. The van der Waals surface area contributed by atoms with Crippen molar-refractivity contribution < 1.29 is 4.79 Å². The first-order chi connectivity index (χ1) is 11.7. The van der Waals surface area contributed by atoms with Gasteiger partial charge in [-0.25, -0.2) is 4.98 Å². The highest BCUT2D eigenvalue weighted by Crippen LogP contribution is 2.29. The molecule has 5 heteroatoms. The summed E-state index contributed by atoms with van der Waals surface area (Å²) in [7, 11) is 0. The van der Waals surface area contributed by atoms with Gasteiger partial charge >= 0.3 is 0 Å². The van der Waals surface area contributed by atoms with Crippen molar-refractivity contribution in [3.05, 3.63) is 82.7 Å². The number of nitrogens with zero attached hydrogens (tertiary/aromatic N) is 2. The molecule has 0 aliphatic rings. The van der Waals surface area contributed by atoms with Gasteiger partial charge < -0.3 is 0 Å². The fraction of sp³-hybridized carbons (Fsp3) is 0.0526. The van der Waals surface area contributed by atoms with E-state index < -0.39 is 0 Å². The molecule has 0 bridgehead atoms. The van der Waals surface area contributed by atoms with Crippen LogP contribution in [0.2, 0.25) is 0 Å². The first-order valence-electron chi connectivity index (χ1n) is 7.39. The number of anilines is 1. The van der Waals surface area contributed by atoms with Gasteiger partial charge in [0.1, 0.15) is 0 Å². The minimum Gasteiger partial charge on any atom is -0.280 e. The Kier molecular flexibility index (Phi) is 5.23. The molecule has 3 aromatic rings. The zero-order chi connectivity index (χ0) is 16.9. The van der Waals surface area contributed by atoms with Crippen LogP contribution in [0.4, 0.5) is 5.13 Å². The number of benzene rings is 2. The molecule has 1 heterocycles. The summed E-state index contributed by atoms with van der Waals surface area (Å²) in [6, 6.07) is 17.3. The minimum atomic E-state index is -0.101. The number of rotatable bonds is 5. The Balaban J connectivity index is 1.95. The topological polar surface area (TPSA) is 33.2 Å². The van der Waals surface area contributed by atoms with Gasteiger partial charge in [0.2, 0.25) is 0 Å². The molecule has 0 N–H and O–H groups in total. The smallest absolute Gasteiger partial charge is 0.261 e. The van der Waals surface area contributed by atoms with Crippen molar-refractivity contribution in [1.29, 1.82) is 0 Å². The van der Waals surface area contributed by atoms with Crippen LogP contribution in [-0.4, -0.2) is 17.4 Å². The minimum absolute atomic E-state index is 0.101. The molecule has 0 saturated carbocycles. The zero-order valence-electron chi connectivity index (χ0n) is 12.9. The van der Waals surface area contributed by atoms with E-state index in [1.165, 1.54) is 11.3 Å². The summed E-state index contributed by atoms with van der Waals surface area (Å²) < 4.78 is 0.768. The van der Waals surface area contributed by atoms with E-state index >= 15 is 0 Å². The Hall–Kier alpha value is -2.24. The monoisotopic (exact) mass is 398 g/mol. The summed E-state index contributed by atoms with van der Waals surface area (Å²) in [5.41, 5.74) is 2.51. The predicted octanol–water partition coefficient (Wildman–Crippen LogP) is 5.41. The molecule has 3 rings (SSSR count). The Bertz CT molecular complexity index is 861. The van der Waals surface area contributed by atoms with Crippen molar-refractivity contribution in [1.82, 2.24) is 4.98 Å². The van der Waals surface area contributed by atoms with Gasteiger partial charge in [0.25, 0.3) is 5.91 Å². The molecule has 0 aliphatic carbocycles. The standard InChI is InChI=1S/C19H15BrN2OS/c1-2-12-22(18(23)15-10-6-7-11-16(15)20)19-21-17(13-24-19)14-8-4-3-5-9-14/h2-11,13H,1,12H2. The third-order valence-corrected chi connectivity index (χ3v) is 5.01. The maximum absolute atomic E-state index is 12.9. The van der Waals surface area contributed by atoms with E-state index in [1.54, 1.807) is 17.0 Å². The SMILES string of the molecule is C=CCN(C(=O)c1ccccc1Br)c1nc(-c2ccccc2)cs1. The molecule has 0 atom stereocenters. The van der Waals surface area contributed by atoms with E-state index in [9.17, 15) is 4.79 Å². The molecule has 0 radical (unpaired) electrons. The molecular formula is C19H15BrN2OS. The predicted molar refractivity (Wildman–Crippen MR) is 104 cm³/mol. The second-order valence-electron chi connectivity index (χ2n) is 5.07. The van der Waals surface area contributed by atoms with Crippen molar-refractivity contribution in [2.24, 2.45) is 0 Å².